The van der Waals surface area contributed by atoms with Gasteiger partial charge in [-0.2, -0.15) is 0 Å². The van der Waals surface area contributed by atoms with Gasteiger partial charge in [0.05, 0.1) is 13.2 Å². The highest BCUT2D eigenvalue weighted by molar-refractivity contribution is 7.01. The Bertz CT molecular complexity index is 542. The third-order valence-corrected chi connectivity index (χ3v) is 9.65. The van der Waals surface area contributed by atoms with Crippen molar-refractivity contribution >= 4 is 18.4 Å². The Morgan fingerprint density at radius 2 is 1.39 bits per heavy atom. The van der Waals surface area contributed by atoms with Gasteiger partial charge in [-0.15, -0.1) is 0 Å². The molecule has 1 heterocycles. The van der Waals surface area contributed by atoms with Crippen molar-refractivity contribution in [3.8, 4) is 0 Å². The first-order valence-electron chi connectivity index (χ1n) is 8.70. The van der Waals surface area contributed by atoms with E-state index in [1.165, 1.54) is 19.0 Å². The summed E-state index contributed by atoms with van der Waals surface area (Å²) in [6.07, 6.45) is 1.27. The van der Waals surface area contributed by atoms with E-state index in [2.05, 4.69) is 72.1 Å². The lowest BCUT2D eigenvalue weighted by molar-refractivity contribution is 0.0380. The maximum atomic E-state index is 5.45. The van der Waals surface area contributed by atoms with Gasteiger partial charge in [-0.25, -0.2) is 0 Å². The third-order valence-electron chi connectivity index (χ3n) is 5.08. The molecule has 2 nitrogen and oxygen atoms in total. The summed E-state index contributed by atoms with van der Waals surface area (Å²) < 4.78 is 5.45. The topological polar surface area (TPSA) is 12.5 Å². The highest BCUT2D eigenvalue weighted by Crippen LogP contribution is 2.15. The SMILES string of the molecule is C[Si](CCCN1CCOCC1)(c1ccccc1)c1ccccc1. The first-order valence-corrected chi connectivity index (χ1v) is 11.4. The standard InChI is InChI=1S/C20H27NOSi/c1-23(19-9-4-2-5-10-19,20-11-6-3-7-12-20)18-8-13-21-14-16-22-17-15-21/h2-7,9-12H,8,13-18H2,1H3. The molecule has 2 aromatic carbocycles. The quantitative estimate of drug-likeness (QED) is 0.757. The lowest BCUT2D eigenvalue weighted by Gasteiger charge is -2.31. The van der Waals surface area contributed by atoms with Crippen molar-refractivity contribution in [2.75, 3.05) is 32.8 Å². The number of hydrogen-bond donors (Lipinski definition) is 0. The summed E-state index contributed by atoms with van der Waals surface area (Å²) in [5.41, 5.74) is 0. The lowest BCUT2D eigenvalue weighted by Crippen LogP contribution is -2.55. The molecule has 0 saturated carbocycles. The van der Waals surface area contributed by atoms with Gasteiger partial charge in [-0.3, -0.25) is 4.90 Å². The maximum Gasteiger partial charge on any atom is 0.115 e. The Labute approximate surface area is 141 Å². The second kappa shape index (κ2) is 7.91. The summed E-state index contributed by atoms with van der Waals surface area (Å²) in [6.45, 7) is 7.70. The van der Waals surface area contributed by atoms with E-state index in [9.17, 15) is 0 Å². The number of ether oxygens (including phenoxy) is 1. The normalized spacial score (nSPS) is 16.4. The fourth-order valence-electron chi connectivity index (χ4n) is 3.55. The molecule has 1 aliphatic rings. The van der Waals surface area contributed by atoms with Crippen LogP contribution < -0.4 is 10.4 Å². The molecule has 0 N–H and O–H groups in total. The number of rotatable bonds is 6. The van der Waals surface area contributed by atoms with Crippen LogP contribution in [0.2, 0.25) is 12.6 Å². The zero-order chi connectivity index (χ0) is 16.0. The summed E-state index contributed by atoms with van der Waals surface area (Å²) in [5.74, 6) is 0. The summed E-state index contributed by atoms with van der Waals surface area (Å²) in [4.78, 5) is 2.55. The molecule has 0 amide bonds. The molecule has 0 atom stereocenters. The minimum atomic E-state index is -1.64. The zero-order valence-corrected chi connectivity index (χ0v) is 15.1. The van der Waals surface area contributed by atoms with Crippen molar-refractivity contribution in [3.05, 3.63) is 60.7 Å². The summed E-state index contributed by atoms with van der Waals surface area (Å²) in [6, 6.07) is 23.6. The Balaban J connectivity index is 1.73. The van der Waals surface area contributed by atoms with E-state index in [0.29, 0.717) is 0 Å². The summed E-state index contributed by atoms with van der Waals surface area (Å²) in [5, 5.41) is 3.10. The molecule has 0 bridgehead atoms. The van der Waals surface area contributed by atoms with Crippen LogP contribution in [0.1, 0.15) is 6.42 Å². The van der Waals surface area contributed by atoms with E-state index in [1.807, 2.05) is 0 Å². The molecule has 1 saturated heterocycles. The van der Waals surface area contributed by atoms with Crippen molar-refractivity contribution in [2.45, 2.75) is 19.0 Å². The molecule has 3 rings (SSSR count). The number of benzene rings is 2. The van der Waals surface area contributed by atoms with Crippen LogP contribution in [0.3, 0.4) is 0 Å². The Morgan fingerprint density at radius 1 is 0.870 bits per heavy atom. The first kappa shape index (κ1) is 16.4. The number of morpholine rings is 1. The highest BCUT2D eigenvalue weighted by Gasteiger charge is 2.31. The predicted octanol–water partition coefficient (Wildman–Crippen LogP) is 2.60. The van der Waals surface area contributed by atoms with Crippen LogP contribution >= 0.6 is 0 Å². The Hall–Kier alpha value is -1.42. The van der Waals surface area contributed by atoms with Gasteiger partial charge in [-0.1, -0.05) is 77.6 Å². The molecule has 3 heteroatoms. The van der Waals surface area contributed by atoms with E-state index in [0.717, 1.165) is 26.3 Å². The molecule has 1 aliphatic heterocycles. The Morgan fingerprint density at radius 3 is 1.91 bits per heavy atom. The molecule has 1 fully saturated rings. The van der Waals surface area contributed by atoms with Gasteiger partial charge in [0.15, 0.2) is 0 Å². The van der Waals surface area contributed by atoms with Gasteiger partial charge >= 0.3 is 0 Å². The summed E-state index contributed by atoms with van der Waals surface area (Å²) in [7, 11) is -1.64. The largest absolute Gasteiger partial charge is 0.379 e. The predicted molar refractivity (Wildman–Crippen MR) is 100 cm³/mol. The first-order chi connectivity index (χ1) is 11.3. The van der Waals surface area contributed by atoms with Crippen LogP contribution in [0, 0.1) is 0 Å². The van der Waals surface area contributed by atoms with Crippen molar-refractivity contribution in [2.24, 2.45) is 0 Å². The highest BCUT2D eigenvalue weighted by atomic mass is 28.3. The Kier molecular flexibility index (Phi) is 5.65. The lowest BCUT2D eigenvalue weighted by atomic mass is 10.3. The monoisotopic (exact) mass is 325 g/mol. The molecule has 2 aromatic rings. The zero-order valence-electron chi connectivity index (χ0n) is 14.1. The van der Waals surface area contributed by atoms with E-state index < -0.39 is 8.07 Å². The van der Waals surface area contributed by atoms with Gasteiger partial charge < -0.3 is 4.74 Å². The maximum absolute atomic E-state index is 5.45. The van der Waals surface area contributed by atoms with Gasteiger partial charge in [-0.05, 0) is 19.0 Å². The molecule has 0 aromatic heterocycles. The molecule has 0 aliphatic carbocycles. The summed E-state index contributed by atoms with van der Waals surface area (Å²) >= 11 is 0. The average Bonchev–Trinajstić information content (AvgIpc) is 2.64. The molecule has 122 valence electrons. The van der Waals surface area contributed by atoms with Crippen LogP contribution in [-0.2, 0) is 4.74 Å². The molecule has 0 radical (unpaired) electrons. The van der Waals surface area contributed by atoms with Crippen LogP contribution in [0.4, 0.5) is 0 Å². The van der Waals surface area contributed by atoms with E-state index in [1.54, 1.807) is 10.4 Å². The average molecular weight is 326 g/mol. The second-order valence-electron chi connectivity index (χ2n) is 6.62. The third kappa shape index (κ3) is 4.11. The molecular formula is C20H27NOSi. The van der Waals surface area contributed by atoms with Crippen LogP contribution in [0.5, 0.6) is 0 Å². The van der Waals surface area contributed by atoms with E-state index in [-0.39, 0.29) is 0 Å². The fourth-order valence-corrected chi connectivity index (χ4v) is 7.18. The van der Waals surface area contributed by atoms with Gasteiger partial charge in [0.2, 0.25) is 0 Å². The number of hydrogen-bond acceptors (Lipinski definition) is 2. The molecule has 23 heavy (non-hydrogen) atoms. The smallest absolute Gasteiger partial charge is 0.115 e. The molecular weight excluding hydrogens is 298 g/mol. The van der Waals surface area contributed by atoms with Crippen LogP contribution in [0.15, 0.2) is 60.7 Å². The van der Waals surface area contributed by atoms with Gasteiger partial charge in [0.25, 0.3) is 0 Å². The van der Waals surface area contributed by atoms with Crippen molar-refractivity contribution in [1.82, 2.24) is 4.90 Å². The number of nitrogens with zero attached hydrogens (tertiary/aromatic N) is 1. The minimum absolute atomic E-state index is 0.895. The fraction of sp³-hybridized carbons (Fsp3) is 0.400. The van der Waals surface area contributed by atoms with Gasteiger partial charge in [0.1, 0.15) is 8.07 Å². The van der Waals surface area contributed by atoms with Crippen molar-refractivity contribution < 1.29 is 4.74 Å². The van der Waals surface area contributed by atoms with E-state index >= 15 is 0 Å². The van der Waals surface area contributed by atoms with Gasteiger partial charge in [0, 0.05) is 13.1 Å². The van der Waals surface area contributed by atoms with Crippen molar-refractivity contribution in [3.63, 3.8) is 0 Å². The molecule has 0 unspecified atom stereocenters. The second-order valence-corrected chi connectivity index (χ2v) is 10.9. The minimum Gasteiger partial charge on any atom is -0.379 e. The van der Waals surface area contributed by atoms with E-state index in [4.69, 9.17) is 4.74 Å². The van der Waals surface area contributed by atoms with Crippen LogP contribution in [0.25, 0.3) is 0 Å². The van der Waals surface area contributed by atoms with Crippen molar-refractivity contribution in [1.29, 1.82) is 0 Å². The van der Waals surface area contributed by atoms with Crippen LogP contribution in [-0.4, -0.2) is 45.8 Å². The molecule has 0 spiro atoms.